The first-order chi connectivity index (χ1) is 32.7. The lowest BCUT2D eigenvalue weighted by Gasteiger charge is -2.17. The van der Waals surface area contributed by atoms with Crippen molar-refractivity contribution in [3.8, 4) is 22.3 Å². The van der Waals surface area contributed by atoms with E-state index in [0.29, 0.717) is 42.6 Å². The summed E-state index contributed by atoms with van der Waals surface area (Å²) in [5.41, 5.74) is 6.45. The van der Waals surface area contributed by atoms with Gasteiger partial charge in [0.25, 0.3) is 29.4 Å². The van der Waals surface area contributed by atoms with Crippen LogP contribution in [0, 0.1) is 23.5 Å². The molecule has 372 valence electrons. The Kier molecular flexibility index (Phi) is 18.3. The lowest BCUT2D eigenvalue weighted by atomic mass is 9.88. The van der Waals surface area contributed by atoms with Gasteiger partial charge < -0.3 is 15.1 Å². The monoisotopic (exact) mass is 1010 g/mol. The van der Waals surface area contributed by atoms with Gasteiger partial charge in [-0.05, 0) is 171 Å². The van der Waals surface area contributed by atoms with Crippen LogP contribution >= 0.6 is 10.7 Å². The molecule has 8 rings (SSSR count). The van der Waals surface area contributed by atoms with E-state index >= 15 is 0 Å². The Morgan fingerprint density at radius 3 is 1.58 bits per heavy atom. The lowest BCUT2D eigenvalue weighted by molar-refractivity contribution is 0.329. The number of rotatable bonds is 15. The molecule has 0 bridgehead atoms. The summed E-state index contributed by atoms with van der Waals surface area (Å²) in [6.07, 6.45) is 9.32. The summed E-state index contributed by atoms with van der Waals surface area (Å²) in [5, 5.41) is 15.7. The van der Waals surface area contributed by atoms with Crippen LogP contribution in [-0.2, 0) is 31.9 Å². The van der Waals surface area contributed by atoms with Crippen LogP contribution in [0.3, 0.4) is 0 Å². The van der Waals surface area contributed by atoms with Crippen LogP contribution in [0.25, 0.3) is 22.3 Å². The Labute approximate surface area is 409 Å². The molecule has 2 aliphatic heterocycles. The second-order valence-electron chi connectivity index (χ2n) is 18.6. The molecule has 69 heavy (non-hydrogen) atoms. The number of hydrogen-bond acceptors (Lipinski definition) is 13. The number of aromatic amines is 2. The highest BCUT2D eigenvalue weighted by molar-refractivity contribution is 8.13. The predicted molar refractivity (Wildman–Crippen MR) is 264 cm³/mol. The summed E-state index contributed by atoms with van der Waals surface area (Å²) in [5.74, 6) is 1.40. The van der Waals surface area contributed by atoms with E-state index in [1.807, 2.05) is 53.9 Å². The van der Waals surface area contributed by atoms with Gasteiger partial charge in [0.05, 0.1) is 0 Å². The molecular weight excluding hydrogens is 946 g/mol. The molecule has 4 aromatic heterocycles. The zero-order chi connectivity index (χ0) is 50.0. The van der Waals surface area contributed by atoms with Crippen LogP contribution in [0.5, 0.6) is 0 Å². The first kappa shape index (κ1) is 53.3. The number of halogens is 3. The maximum absolute atomic E-state index is 14.5. The molecule has 21 heteroatoms. The molecule has 0 saturated carbocycles. The number of nitrogens with one attached hydrogen (secondary N) is 3. The third-order valence-corrected chi connectivity index (χ3v) is 14.6. The van der Waals surface area contributed by atoms with Gasteiger partial charge in [0.2, 0.25) is 0 Å². The minimum atomic E-state index is -4.02. The molecule has 0 aliphatic carbocycles. The van der Waals surface area contributed by atoms with Gasteiger partial charge in [0.15, 0.2) is 0 Å². The molecular formula is C48H63ClF2N12O4S2. The van der Waals surface area contributed by atoms with Gasteiger partial charge in [-0.3, -0.25) is 20.2 Å². The van der Waals surface area contributed by atoms with Gasteiger partial charge in [-0.25, -0.2) is 35.6 Å². The number of hydrogen-bond donors (Lipinski definition) is 3. The van der Waals surface area contributed by atoms with Crippen molar-refractivity contribution >= 4 is 29.8 Å². The third-order valence-electron chi connectivity index (χ3n) is 11.9. The minimum absolute atomic E-state index is 0.0560. The average Bonchev–Trinajstić information content (AvgIpc) is 4.15. The molecule has 0 spiro atoms. The molecule has 2 atom stereocenters. The van der Waals surface area contributed by atoms with E-state index in [1.54, 1.807) is 36.9 Å². The fraction of sp³-hybridized carbons (Fsp3) is 0.458. The number of benzene rings is 2. The third kappa shape index (κ3) is 14.5. The molecule has 3 N–H and O–H groups in total. The highest BCUT2D eigenvalue weighted by atomic mass is 35.7. The zero-order valence-electron chi connectivity index (χ0n) is 40.4. The van der Waals surface area contributed by atoms with E-state index in [2.05, 4.69) is 69.5 Å². The summed E-state index contributed by atoms with van der Waals surface area (Å²) in [6, 6.07) is 13.2. The maximum Gasteiger partial charge on any atom is 0.298 e. The normalized spacial score (nSPS) is 16.6. The smallest absolute Gasteiger partial charge is 0.298 e. The van der Waals surface area contributed by atoms with Crippen LogP contribution in [0.1, 0.15) is 86.3 Å². The van der Waals surface area contributed by atoms with Crippen molar-refractivity contribution in [2.45, 2.75) is 75.5 Å². The predicted octanol–water partition coefficient (Wildman–Crippen LogP) is 7.10. The van der Waals surface area contributed by atoms with Gasteiger partial charge in [0.1, 0.15) is 23.3 Å². The largest absolute Gasteiger partial charge is 0.316 e. The second kappa shape index (κ2) is 23.7. The van der Waals surface area contributed by atoms with Crippen molar-refractivity contribution in [3.63, 3.8) is 0 Å². The van der Waals surface area contributed by atoms with E-state index in [9.17, 15) is 25.6 Å². The Hall–Kier alpha value is -5.09. The van der Waals surface area contributed by atoms with Gasteiger partial charge in [0, 0.05) is 74.5 Å². The molecule has 2 aromatic carbocycles. The van der Waals surface area contributed by atoms with E-state index in [1.165, 1.54) is 54.6 Å². The maximum atomic E-state index is 14.5. The number of H-pyrrole nitrogens is 2. The molecule has 2 fully saturated rings. The van der Waals surface area contributed by atoms with Crippen molar-refractivity contribution in [2.24, 2.45) is 11.8 Å². The Bertz CT molecular complexity index is 2840. The number of aromatic nitrogens is 8. The van der Waals surface area contributed by atoms with Crippen LogP contribution in [-0.4, -0.2) is 139 Å². The van der Waals surface area contributed by atoms with E-state index in [-0.39, 0.29) is 35.0 Å². The van der Waals surface area contributed by atoms with E-state index in [0.717, 1.165) is 57.8 Å². The zero-order valence-corrected chi connectivity index (χ0v) is 42.8. The molecule has 2 saturated heterocycles. The van der Waals surface area contributed by atoms with Crippen LogP contribution in [0.4, 0.5) is 8.78 Å². The van der Waals surface area contributed by atoms with Crippen molar-refractivity contribution in [3.05, 3.63) is 119 Å². The van der Waals surface area contributed by atoms with Crippen LogP contribution < -0.4 is 5.32 Å². The number of pyridine rings is 2. The summed E-state index contributed by atoms with van der Waals surface area (Å²) in [7, 11) is 5.72. The topological polar surface area (TPSA) is 199 Å². The SMILES string of the molecule is CC(C)c1cc(F)cc(-c2ccncc2)c1Cc1nc(S(=O)(=O)Cl)n[nH]1.CC(C)c1cc(F)cc(-c2ccncc2)c1Cc1nc(S(=O)(=O)N2CCC(CN(C)C)C2)n[nH]1.CN(C)CC1CCNC1. The molecule has 2 unspecified atom stereocenters. The second-order valence-corrected chi connectivity index (χ2v) is 22.9. The summed E-state index contributed by atoms with van der Waals surface area (Å²) < 4.78 is 79.2. The molecule has 6 heterocycles. The molecule has 0 amide bonds. The van der Waals surface area contributed by atoms with E-state index in [4.69, 9.17) is 10.7 Å². The summed E-state index contributed by atoms with van der Waals surface area (Å²) in [4.78, 5) is 20.7. The molecule has 0 radical (unpaired) electrons. The quantitative estimate of drug-likeness (QED) is 0.0882. The standard InChI is InChI=1S/C24H31FN6O2S.C17H16ClFN4O2S.C7H16N2/c1-16(2)20-11-19(25)12-21(18-5-8-26-9-6-18)22(20)13-23-27-24(29-28-23)34(32,33)31-10-7-17(15-31)14-30(3)4;1-10(2)13-7-12(19)8-14(11-3-5-20-6-4-11)15(13)9-16-21-17(23-22-16)26(18,24)25;1-9(2)6-7-3-4-8-5-7/h5-6,8-9,11-12,16-17H,7,10,13-15H2,1-4H3,(H,27,28,29);3-8,10H,9H2,1-2H3,(H,21,22,23);7-8H,3-6H2,1-2H3. The Morgan fingerprint density at radius 2 is 1.16 bits per heavy atom. The van der Waals surface area contributed by atoms with E-state index < -0.39 is 24.2 Å². The minimum Gasteiger partial charge on any atom is -0.316 e. The summed E-state index contributed by atoms with van der Waals surface area (Å²) >= 11 is 0. The number of sulfonamides is 1. The highest BCUT2D eigenvalue weighted by Crippen LogP contribution is 2.35. The molecule has 2 aliphatic rings. The van der Waals surface area contributed by atoms with Crippen molar-refractivity contribution in [1.29, 1.82) is 0 Å². The first-order valence-electron chi connectivity index (χ1n) is 22.9. The van der Waals surface area contributed by atoms with Crippen LogP contribution in [0.2, 0.25) is 0 Å². The van der Waals surface area contributed by atoms with Gasteiger partial charge in [-0.1, -0.05) is 27.7 Å². The first-order valence-corrected chi connectivity index (χ1v) is 26.7. The van der Waals surface area contributed by atoms with Crippen molar-refractivity contribution in [1.82, 2.24) is 59.8 Å². The fourth-order valence-corrected chi connectivity index (χ4v) is 10.7. The fourth-order valence-electron chi connectivity index (χ4n) is 8.77. The number of nitrogens with zero attached hydrogens (tertiary/aromatic N) is 9. The Balaban J connectivity index is 0.000000196. The van der Waals surface area contributed by atoms with Gasteiger partial charge in [-0.2, -0.15) is 4.31 Å². The van der Waals surface area contributed by atoms with Gasteiger partial charge >= 0.3 is 0 Å². The van der Waals surface area contributed by atoms with Crippen molar-refractivity contribution in [2.75, 3.05) is 67.5 Å². The lowest BCUT2D eigenvalue weighted by Crippen LogP contribution is -2.31. The van der Waals surface area contributed by atoms with Crippen LogP contribution in [0.15, 0.2) is 83.6 Å². The van der Waals surface area contributed by atoms with Crippen molar-refractivity contribution < 1.29 is 25.6 Å². The molecule has 16 nitrogen and oxygen atoms in total. The Morgan fingerprint density at radius 1 is 0.696 bits per heavy atom. The average molecular weight is 1010 g/mol. The highest BCUT2D eigenvalue weighted by Gasteiger charge is 2.35. The summed E-state index contributed by atoms with van der Waals surface area (Å²) in [6.45, 7) is 13.4. The molecule has 6 aromatic rings. The van der Waals surface area contributed by atoms with Gasteiger partial charge in [-0.15, -0.1) is 10.2 Å².